The van der Waals surface area contributed by atoms with E-state index in [-0.39, 0.29) is 11.9 Å². The fraction of sp³-hybridized carbons (Fsp3) is 0.818. The Morgan fingerprint density at radius 2 is 1.24 bits per heavy atom. The number of esters is 2. The van der Waals surface area contributed by atoms with Crippen molar-refractivity contribution in [3.8, 4) is 0 Å². The molecule has 0 aliphatic heterocycles. The maximum Gasteiger partial charge on any atom is 0.315 e. The van der Waals surface area contributed by atoms with E-state index in [0.29, 0.717) is 11.5 Å². The highest BCUT2D eigenvalue weighted by atomic mass is 32.2. The Morgan fingerprint density at radius 1 is 0.824 bits per heavy atom. The maximum absolute atomic E-state index is 10.8. The van der Waals surface area contributed by atoms with Crippen molar-refractivity contribution in [1.29, 1.82) is 0 Å². The molecule has 0 atom stereocenters. The number of unbranched alkanes of at least 4 members (excludes halogenated alkanes) is 2. The quantitative estimate of drug-likeness (QED) is 0.450. The number of methoxy groups -OCH3 is 2. The van der Waals surface area contributed by atoms with E-state index >= 15 is 0 Å². The van der Waals surface area contributed by atoms with E-state index in [4.69, 9.17) is 0 Å². The van der Waals surface area contributed by atoms with Gasteiger partial charge in [0.25, 0.3) is 0 Å². The van der Waals surface area contributed by atoms with E-state index in [0.717, 1.165) is 30.8 Å². The summed E-state index contributed by atoms with van der Waals surface area (Å²) >= 11 is 3.21. The lowest BCUT2D eigenvalue weighted by atomic mass is 10.3. The van der Waals surface area contributed by atoms with Gasteiger partial charge in [-0.05, 0) is 24.3 Å². The Kier molecular flexibility index (Phi) is 11.8. The summed E-state index contributed by atoms with van der Waals surface area (Å²) in [5.41, 5.74) is 0. The van der Waals surface area contributed by atoms with Crippen LogP contribution in [0.4, 0.5) is 0 Å². The minimum absolute atomic E-state index is 0.163. The number of ether oxygens (including phenoxy) is 2. The molecule has 0 N–H and O–H groups in total. The topological polar surface area (TPSA) is 52.6 Å². The zero-order chi connectivity index (χ0) is 12.9. The van der Waals surface area contributed by atoms with Crippen LogP contribution in [-0.2, 0) is 19.1 Å². The van der Waals surface area contributed by atoms with Gasteiger partial charge in [-0.1, -0.05) is 6.42 Å². The van der Waals surface area contributed by atoms with Gasteiger partial charge in [0.1, 0.15) is 0 Å². The van der Waals surface area contributed by atoms with E-state index in [2.05, 4.69) is 9.47 Å². The average Bonchev–Trinajstić information content (AvgIpc) is 2.35. The van der Waals surface area contributed by atoms with Crippen molar-refractivity contribution >= 4 is 35.5 Å². The molecule has 0 rings (SSSR count). The van der Waals surface area contributed by atoms with Crippen LogP contribution in [0.5, 0.6) is 0 Å². The second-order valence-electron chi connectivity index (χ2n) is 3.32. The maximum atomic E-state index is 10.8. The Morgan fingerprint density at radius 3 is 1.59 bits per heavy atom. The molecule has 0 unspecified atom stereocenters. The van der Waals surface area contributed by atoms with E-state index in [9.17, 15) is 9.59 Å². The molecule has 0 fully saturated rings. The molecular formula is C11H20O4S2. The van der Waals surface area contributed by atoms with Crippen molar-refractivity contribution in [2.45, 2.75) is 19.3 Å². The minimum atomic E-state index is -0.163. The largest absolute Gasteiger partial charge is 0.468 e. The van der Waals surface area contributed by atoms with Crippen LogP contribution in [-0.4, -0.2) is 49.2 Å². The van der Waals surface area contributed by atoms with Crippen LogP contribution in [0.2, 0.25) is 0 Å². The monoisotopic (exact) mass is 280 g/mol. The van der Waals surface area contributed by atoms with Gasteiger partial charge in [-0.15, -0.1) is 0 Å². The van der Waals surface area contributed by atoms with Gasteiger partial charge >= 0.3 is 11.9 Å². The molecule has 0 radical (unpaired) electrons. The molecule has 6 heteroatoms. The molecule has 0 saturated heterocycles. The molecule has 17 heavy (non-hydrogen) atoms. The van der Waals surface area contributed by atoms with Crippen molar-refractivity contribution < 1.29 is 19.1 Å². The van der Waals surface area contributed by atoms with Crippen LogP contribution in [0, 0.1) is 0 Å². The van der Waals surface area contributed by atoms with E-state index in [1.807, 2.05) is 0 Å². The van der Waals surface area contributed by atoms with Crippen LogP contribution in [0.25, 0.3) is 0 Å². The van der Waals surface area contributed by atoms with Crippen LogP contribution >= 0.6 is 23.5 Å². The molecule has 0 saturated carbocycles. The summed E-state index contributed by atoms with van der Waals surface area (Å²) in [6.45, 7) is 0. The zero-order valence-corrected chi connectivity index (χ0v) is 12.0. The minimum Gasteiger partial charge on any atom is -0.468 e. The van der Waals surface area contributed by atoms with Gasteiger partial charge in [-0.2, -0.15) is 23.5 Å². The molecule has 0 bridgehead atoms. The lowest BCUT2D eigenvalue weighted by Gasteiger charge is -2.02. The summed E-state index contributed by atoms with van der Waals surface area (Å²) in [4.78, 5) is 21.6. The van der Waals surface area contributed by atoms with Crippen molar-refractivity contribution in [2.24, 2.45) is 0 Å². The van der Waals surface area contributed by atoms with E-state index < -0.39 is 0 Å². The number of thioether (sulfide) groups is 2. The lowest BCUT2D eigenvalue weighted by molar-refractivity contribution is -0.138. The highest BCUT2D eigenvalue weighted by Crippen LogP contribution is 2.10. The van der Waals surface area contributed by atoms with Gasteiger partial charge in [0, 0.05) is 0 Å². The van der Waals surface area contributed by atoms with Crippen LogP contribution < -0.4 is 0 Å². The predicted octanol–water partition coefficient (Wildman–Crippen LogP) is 1.97. The Hall–Kier alpha value is -0.360. The molecule has 0 aromatic heterocycles. The summed E-state index contributed by atoms with van der Waals surface area (Å²) in [6, 6.07) is 0. The third kappa shape index (κ3) is 11.9. The van der Waals surface area contributed by atoms with Crippen LogP contribution in [0.3, 0.4) is 0 Å². The first kappa shape index (κ1) is 16.6. The Bertz CT molecular complexity index is 200. The lowest BCUT2D eigenvalue weighted by Crippen LogP contribution is -2.04. The van der Waals surface area contributed by atoms with Gasteiger partial charge in [-0.3, -0.25) is 9.59 Å². The zero-order valence-electron chi connectivity index (χ0n) is 10.4. The predicted molar refractivity (Wildman–Crippen MR) is 72.5 cm³/mol. The first-order chi connectivity index (χ1) is 8.20. The van der Waals surface area contributed by atoms with Gasteiger partial charge in [0.2, 0.25) is 0 Å². The van der Waals surface area contributed by atoms with E-state index in [1.54, 1.807) is 23.5 Å². The fourth-order valence-corrected chi connectivity index (χ4v) is 2.69. The molecule has 0 aliphatic rings. The number of carbonyl (C=O) groups is 2. The SMILES string of the molecule is COC(=O)CSCCCCCSCC(=O)OC. The van der Waals surface area contributed by atoms with Crippen molar-refractivity contribution in [3.63, 3.8) is 0 Å². The summed E-state index contributed by atoms with van der Waals surface area (Å²) in [5.74, 6) is 2.52. The average molecular weight is 280 g/mol. The molecule has 0 spiro atoms. The highest BCUT2D eigenvalue weighted by molar-refractivity contribution is 8.00. The fourth-order valence-electron chi connectivity index (χ4n) is 1.01. The first-order valence-electron chi connectivity index (χ1n) is 5.49. The molecule has 0 heterocycles. The second kappa shape index (κ2) is 12.1. The molecule has 0 aliphatic carbocycles. The molecular weight excluding hydrogens is 260 g/mol. The van der Waals surface area contributed by atoms with Gasteiger partial charge in [0.15, 0.2) is 0 Å². The summed E-state index contributed by atoms with van der Waals surface area (Å²) < 4.78 is 9.07. The summed E-state index contributed by atoms with van der Waals surface area (Å²) in [7, 11) is 2.81. The molecule has 4 nitrogen and oxygen atoms in total. The van der Waals surface area contributed by atoms with Gasteiger partial charge < -0.3 is 9.47 Å². The number of rotatable bonds is 10. The smallest absolute Gasteiger partial charge is 0.315 e. The van der Waals surface area contributed by atoms with Crippen molar-refractivity contribution in [1.82, 2.24) is 0 Å². The molecule has 0 amide bonds. The summed E-state index contributed by atoms with van der Waals surface area (Å²) in [5, 5.41) is 0. The van der Waals surface area contributed by atoms with Crippen LogP contribution in [0.15, 0.2) is 0 Å². The Labute approximate surface area is 111 Å². The third-order valence-corrected chi connectivity index (χ3v) is 4.01. The molecule has 100 valence electrons. The van der Waals surface area contributed by atoms with E-state index in [1.165, 1.54) is 14.2 Å². The van der Waals surface area contributed by atoms with Crippen molar-refractivity contribution in [3.05, 3.63) is 0 Å². The van der Waals surface area contributed by atoms with Gasteiger partial charge in [0.05, 0.1) is 25.7 Å². The second-order valence-corrected chi connectivity index (χ2v) is 5.53. The first-order valence-corrected chi connectivity index (χ1v) is 7.80. The molecule has 0 aromatic carbocycles. The molecule has 0 aromatic rings. The number of hydrogen-bond donors (Lipinski definition) is 0. The standard InChI is InChI=1S/C11H20O4S2/c1-14-10(12)8-16-6-4-3-5-7-17-9-11(13)15-2/h3-9H2,1-2H3. The normalized spacial score (nSPS) is 10.0. The number of hydrogen-bond acceptors (Lipinski definition) is 6. The Balaban J connectivity index is 3.08. The third-order valence-electron chi connectivity index (χ3n) is 1.97. The van der Waals surface area contributed by atoms with Gasteiger partial charge in [-0.25, -0.2) is 0 Å². The number of carbonyl (C=O) groups excluding carboxylic acids is 2. The van der Waals surface area contributed by atoms with Crippen LogP contribution in [0.1, 0.15) is 19.3 Å². The highest BCUT2D eigenvalue weighted by Gasteiger charge is 2.00. The summed E-state index contributed by atoms with van der Waals surface area (Å²) in [6.07, 6.45) is 3.32. The van der Waals surface area contributed by atoms with Crippen molar-refractivity contribution in [2.75, 3.05) is 37.2 Å².